The van der Waals surface area contributed by atoms with Gasteiger partial charge in [-0.05, 0) is 35.8 Å². The van der Waals surface area contributed by atoms with E-state index >= 15 is 0 Å². The lowest BCUT2D eigenvalue weighted by molar-refractivity contribution is -0.136. The van der Waals surface area contributed by atoms with Gasteiger partial charge in [0.1, 0.15) is 0 Å². The lowest BCUT2D eigenvalue weighted by Crippen LogP contribution is -2.38. The molecule has 1 atom stereocenters. The van der Waals surface area contributed by atoms with Crippen LogP contribution in [0.4, 0.5) is 0 Å². The number of thioether (sulfide) groups is 1. The van der Waals surface area contributed by atoms with E-state index in [9.17, 15) is 9.59 Å². The molecule has 1 aromatic carbocycles. The number of nitrogens with zero attached hydrogens (tertiary/aromatic N) is 2. The van der Waals surface area contributed by atoms with Gasteiger partial charge in [0.2, 0.25) is 5.91 Å². The topological polar surface area (TPSA) is 71.0 Å². The molecule has 2 aliphatic heterocycles. The van der Waals surface area contributed by atoms with Crippen LogP contribution >= 0.6 is 11.8 Å². The van der Waals surface area contributed by atoms with E-state index in [0.29, 0.717) is 24.5 Å². The van der Waals surface area contributed by atoms with Gasteiger partial charge in [-0.15, -0.1) is 0 Å². The van der Waals surface area contributed by atoms with E-state index < -0.39 is 0 Å². The Balaban J connectivity index is 2.09. The Bertz CT molecular complexity index is 916. The van der Waals surface area contributed by atoms with E-state index in [4.69, 9.17) is 9.73 Å². The van der Waals surface area contributed by atoms with Crippen LogP contribution < -0.4 is 5.32 Å². The Morgan fingerprint density at radius 3 is 2.50 bits per heavy atom. The number of hydrogen-bond donors (Lipinski definition) is 1. The minimum atomic E-state index is -0.387. The fourth-order valence-electron chi connectivity index (χ4n) is 3.72. The van der Waals surface area contributed by atoms with Crippen molar-refractivity contribution < 1.29 is 14.3 Å². The maximum atomic E-state index is 12.8. The molecule has 7 heteroatoms. The molecule has 1 aromatic rings. The van der Waals surface area contributed by atoms with Crippen molar-refractivity contribution in [2.75, 3.05) is 13.7 Å². The van der Waals surface area contributed by atoms with E-state index in [1.165, 1.54) is 24.4 Å². The van der Waals surface area contributed by atoms with Gasteiger partial charge in [-0.2, -0.15) is 0 Å². The number of amidine groups is 1. The van der Waals surface area contributed by atoms with Crippen LogP contribution in [0.1, 0.15) is 63.6 Å². The maximum Gasteiger partial charge on any atom is 0.338 e. The van der Waals surface area contributed by atoms with Gasteiger partial charge in [0, 0.05) is 12.2 Å². The molecule has 0 saturated heterocycles. The van der Waals surface area contributed by atoms with E-state index in [1.807, 2.05) is 24.2 Å². The van der Waals surface area contributed by atoms with Gasteiger partial charge in [-0.1, -0.05) is 56.8 Å². The molecule has 1 unspecified atom stereocenters. The van der Waals surface area contributed by atoms with Crippen LogP contribution in [-0.2, 0) is 14.3 Å². The van der Waals surface area contributed by atoms with Crippen LogP contribution in [0.3, 0.4) is 0 Å². The van der Waals surface area contributed by atoms with Crippen molar-refractivity contribution >= 4 is 28.8 Å². The third kappa shape index (κ3) is 4.31. The molecular formula is C23H29N3O3S. The number of amides is 1. The number of ether oxygens (including phenoxy) is 1. The number of rotatable bonds is 7. The average Bonchev–Trinajstić information content (AvgIpc) is 3.14. The largest absolute Gasteiger partial charge is 0.466 e. The monoisotopic (exact) mass is 427 g/mol. The van der Waals surface area contributed by atoms with Crippen molar-refractivity contribution in [2.45, 2.75) is 52.5 Å². The SMILES string of the molecule is CCNC(=O)CC1=CSC2=NC(CC)=C(C(=O)OC)C(c3ccc(C(C)C)cc3)N12. The summed E-state index contributed by atoms with van der Waals surface area (Å²) in [5, 5.41) is 5.59. The number of fused-ring (bicyclic) bond motifs is 1. The molecule has 2 heterocycles. The molecular weight excluding hydrogens is 398 g/mol. The van der Waals surface area contributed by atoms with Crippen LogP contribution in [0, 0.1) is 0 Å². The molecule has 0 spiro atoms. The summed E-state index contributed by atoms with van der Waals surface area (Å²) in [6.45, 7) is 8.76. The Labute approximate surface area is 182 Å². The summed E-state index contributed by atoms with van der Waals surface area (Å²) in [6, 6.07) is 7.94. The van der Waals surface area contributed by atoms with Crippen molar-refractivity contribution in [3.8, 4) is 0 Å². The van der Waals surface area contributed by atoms with Gasteiger partial charge in [-0.3, -0.25) is 4.79 Å². The Morgan fingerprint density at radius 2 is 1.93 bits per heavy atom. The highest BCUT2D eigenvalue weighted by molar-refractivity contribution is 8.16. The minimum absolute atomic E-state index is 0.0515. The zero-order valence-corrected chi connectivity index (χ0v) is 19.0. The van der Waals surface area contributed by atoms with Crippen molar-refractivity contribution in [3.63, 3.8) is 0 Å². The van der Waals surface area contributed by atoms with Gasteiger partial charge in [-0.25, -0.2) is 9.79 Å². The predicted octanol–water partition coefficient (Wildman–Crippen LogP) is 4.47. The van der Waals surface area contributed by atoms with Crippen LogP contribution in [0.5, 0.6) is 0 Å². The first kappa shape index (κ1) is 22.2. The fraction of sp³-hybridized carbons (Fsp3) is 0.435. The second-order valence-electron chi connectivity index (χ2n) is 7.55. The quantitative estimate of drug-likeness (QED) is 0.650. The van der Waals surface area contributed by atoms with Crippen molar-refractivity contribution in [2.24, 2.45) is 4.99 Å². The number of benzene rings is 1. The number of aliphatic imine (C=N–C) groups is 1. The predicted molar refractivity (Wildman–Crippen MR) is 121 cm³/mol. The van der Waals surface area contributed by atoms with Crippen molar-refractivity contribution in [1.82, 2.24) is 10.2 Å². The first-order valence-corrected chi connectivity index (χ1v) is 11.2. The molecule has 2 aliphatic rings. The highest BCUT2D eigenvalue weighted by Gasteiger charge is 2.41. The molecule has 1 amide bonds. The molecule has 1 N–H and O–H groups in total. The standard InChI is InChI=1S/C23H29N3O3S/c1-6-18-20(22(28)29-5)21(16-10-8-15(9-11-16)14(3)4)26-17(12-19(27)24-7-2)13-30-23(26)25-18/h8-11,13-14,21H,6-7,12H2,1-5H3,(H,24,27). The average molecular weight is 428 g/mol. The molecule has 0 radical (unpaired) electrons. The van der Waals surface area contributed by atoms with Crippen molar-refractivity contribution in [3.05, 3.63) is 57.8 Å². The Morgan fingerprint density at radius 1 is 1.23 bits per heavy atom. The molecule has 0 aliphatic carbocycles. The zero-order chi connectivity index (χ0) is 21.8. The smallest absolute Gasteiger partial charge is 0.338 e. The lowest BCUT2D eigenvalue weighted by atomic mass is 9.91. The lowest BCUT2D eigenvalue weighted by Gasteiger charge is -2.36. The van der Waals surface area contributed by atoms with E-state index in [2.05, 4.69) is 43.4 Å². The molecule has 0 bridgehead atoms. The summed E-state index contributed by atoms with van der Waals surface area (Å²) in [5.41, 5.74) is 4.30. The van der Waals surface area contributed by atoms with Gasteiger partial charge in [0.25, 0.3) is 0 Å². The minimum Gasteiger partial charge on any atom is -0.466 e. The summed E-state index contributed by atoms with van der Waals surface area (Å²) < 4.78 is 5.14. The number of methoxy groups -OCH3 is 1. The van der Waals surface area contributed by atoms with Gasteiger partial charge in [0.15, 0.2) is 5.17 Å². The summed E-state index contributed by atoms with van der Waals surface area (Å²) in [7, 11) is 1.39. The summed E-state index contributed by atoms with van der Waals surface area (Å²) in [4.78, 5) is 31.9. The molecule has 30 heavy (non-hydrogen) atoms. The second kappa shape index (κ2) is 9.51. The normalized spacial score (nSPS) is 18.2. The molecule has 160 valence electrons. The molecule has 0 fully saturated rings. The van der Waals surface area contributed by atoms with Gasteiger partial charge >= 0.3 is 5.97 Å². The first-order chi connectivity index (χ1) is 14.4. The number of carbonyl (C=O) groups excluding carboxylic acids is 2. The number of nitrogens with one attached hydrogen (secondary N) is 1. The van der Waals surface area contributed by atoms with E-state index in [-0.39, 0.29) is 24.3 Å². The van der Waals surface area contributed by atoms with Gasteiger partial charge < -0.3 is 15.0 Å². The summed E-state index contributed by atoms with van der Waals surface area (Å²) in [6.07, 6.45) is 0.852. The number of carbonyl (C=O) groups is 2. The molecule has 3 rings (SSSR count). The zero-order valence-electron chi connectivity index (χ0n) is 18.2. The second-order valence-corrected chi connectivity index (χ2v) is 8.39. The first-order valence-electron chi connectivity index (χ1n) is 10.3. The summed E-state index contributed by atoms with van der Waals surface area (Å²) >= 11 is 1.49. The van der Waals surface area contributed by atoms with E-state index in [0.717, 1.165) is 22.1 Å². The van der Waals surface area contributed by atoms with E-state index in [1.54, 1.807) is 0 Å². The highest BCUT2D eigenvalue weighted by atomic mass is 32.2. The van der Waals surface area contributed by atoms with Crippen molar-refractivity contribution in [1.29, 1.82) is 0 Å². The maximum absolute atomic E-state index is 12.8. The molecule has 6 nitrogen and oxygen atoms in total. The summed E-state index contributed by atoms with van der Waals surface area (Å²) in [5.74, 6) is -0.0221. The third-order valence-electron chi connectivity index (χ3n) is 5.26. The number of allylic oxidation sites excluding steroid dienone is 1. The number of esters is 1. The Hall–Kier alpha value is -2.54. The number of hydrogen-bond acceptors (Lipinski definition) is 6. The Kier molecular flexibility index (Phi) is 7.02. The molecule has 0 saturated carbocycles. The van der Waals surface area contributed by atoms with Crippen LogP contribution in [0.15, 0.2) is 51.6 Å². The highest BCUT2D eigenvalue weighted by Crippen LogP contribution is 2.45. The third-order valence-corrected chi connectivity index (χ3v) is 6.15. The van der Waals surface area contributed by atoms with Crippen LogP contribution in [-0.4, -0.2) is 35.6 Å². The fourth-order valence-corrected chi connectivity index (χ4v) is 4.65. The van der Waals surface area contributed by atoms with Gasteiger partial charge in [0.05, 0.1) is 30.8 Å². The van der Waals surface area contributed by atoms with Crippen LogP contribution in [0.2, 0.25) is 0 Å². The van der Waals surface area contributed by atoms with Crippen LogP contribution in [0.25, 0.3) is 0 Å². The molecule has 0 aromatic heterocycles.